The summed E-state index contributed by atoms with van der Waals surface area (Å²) in [7, 11) is 0. The molecule has 0 saturated heterocycles. The van der Waals surface area contributed by atoms with Crippen LogP contribution < -0.4 is 10.1 Å². The molecule has 6 heteroatoms. The van der Waals surface area contributed by atoms with Crippen LogP contribution in [0.25, 0.3) is 11.1 Å². The zero-order valence-electron chi connectivity index (χ0n) is 16.6. The fraction of sp³-hybridized carbons (Fsp3) is 0.217. The number of nitrogens with one attached hydrogen (secondary N) is 1. The number of benzene rings is 2. The van der Waals surface area contributed by atoms with Crippen molar-refractivity contribution in [1.82, 2.24) is 0 Å². The summed E-state index contributed by atoms with van der Waals surface area (Å²) in [6, 6.07) is 19.3. The number of hydrogen-bond acceptors (Lipinski definition) is 5. The zero-order chi connectivity index (χ0) is 20.8. The monoisotopic (exact) mass is 409 g/mol. The minimum Gasteiger partial charge on any atom is -0.481 e. The maximum absolute atomic E-state index is 12.6. The summed E-state index contributed by atoms with van der Waals surface area (Å²) in [6.45, 7) is 5.57. The number of hydrogen-bond donors (Lipinski definition) is 1. The fourth-order valence-corrected chi connectivity index (χ4v) is 3.70. The van der Waals surface area contributed by atoms with Crippen LogP contribution in [0.4, 0.5) is 5.00 Å². The third-order valence-electron chi connectivity index (χ3n) is 4.23. The van der Waals surface area contributed by atoms with E-state index in [0.717, 1.165) is 16.0 Å². The number of rotatable bonds is 7. The molecule has 0 spiro atoms. The molecule has 2 aromatic carbocycles. The van der Waals surface area contributed by atoms with Crippen molar-refractivity contribution in [2.45, 2.75) is 26.9 Å². The molecule has 0 bridgehead atoms. The molecule has 1 atom stereocenters. The van der Waals surface area contributed by atoms with Gasteiger partial charge in [0.15, 0.2) is 6.10 Å². The van der Waals surface area contributed by atoms with Gasteiger partial charge in [0.1, 0.15) is 10.8 Å². The maximum Gasteiger partial charge on any atom is 0.341 e. The van der Waals surface area contributed by atoms with Crippen molar-refractivity contribution in [1.29, 1.82) is 0 Å². The van der Waals surface area contributed by atoms with E-state index in [2.05, 4.69) is 5.32 Å². The molecule has 1 heterocycles. The number of esters is 1. The molecule has 5 nitrogen and oxygen atoms in total. The first-order valence-corrected chi connectivity index (χ1v) is 10.2. The Hall–Kier alpha value is -3.12. The molecule has 0 aliphatic carbocycles. The Morgan fingerprint density at radius 2 is 1.69 bits per heavy atom. The van der Waals surface area contributed by atoms with E-state index in [0.29, 0.717) is 16.3 Å². The van der Waals surface area contributed by atoms with Crippen LogP contribution in [0.5, 0.6) is 5.75 Å². The first-order chi connectivity index (χ1) is 14.0. The summed E-state index contributed by atoms with van der Waals surface area (Å²) >= 11 is 1.33. The van der Waals surface area contributed by atoms with Crippen LogP contribution in [0.1, 0.15) is 29.1 Å². The quantitative estimate of drug-likeness (QED) is 0.538. The summed E-state index contributed by atoms with van der Waals surface area (Å²) in [6.07, 6.45) is -0.727. The van der Waals surface area contributed by atoms with E-state index >= 15 is 0 Å². The molecule has 1 aromatic heterocycles. The van der Waals surface area contributed by atoms with Crippen molar-refractivity contribution in [2.24, 2.45) is 0 Å². The number of aryl methyl sites for hydroxylation is 1. The second-order valence-electron chi connectivity index (χ2n) is 6.46. The molecule has 0 saturated carbocycles. The van der Waals surface area contributed by atoms with Gasteiger partial charge in [0.25, 0.3) is 5.91 Å². The summed E-state index contributed by atoms with van der Waals surface area (Å²) in [5.41, 5.74) is 2.55. The van der Waals surface area contributed by atoms with Gasteiger partial charge in [-0.1, -0.05) is 42.5 Å². The van der Waals surface area contributed by atoms with Crippen molar-refractivity contribution < 1.29 is 19.1 Å². The van der Waals surface area contributed by atoms with Crippen LogP contribution in [0, 0.1) is 6.92 Å². The van der Waals surface area contributed by atoms with Gasteiger partial charge in [-0.3, -0.25) is 4.79 Å². The molecule has 150 valence electrons. The Bertz CT molecular complexity index is 980. The van der Waals surface area contributed by atoms with E-state index in [1.165, 1.54) is 11.3 Å². The smallest absolute Gasteiger partial charge is 0.341 e. The van der Waals surface area contributed by atoms with E-state index in [9.17, 15) is 9.59 Å². The average Bonchev–Trinajstić information content (AvgIpc) is 3.09. The van der Waals surface area contributed by atoms with Crippen molar-refractivity contribution in [3.8, 4) is 16.9 Å². The highest BCUT2D eigenvalue weighted by atomic mass is 32.1. The van der Waals surface area contributed by atoms with E-state index in [1.807, 2.05) is 61.5 Å². The van der Waals surface area contributed by atoms with Crippen molar-refractivity contribution in [3.63, 3.8) is 0 Å². The van der Waals surface area contributed by atoms with Crippen LogP contribution in [-0.2, 0) is 9.53 Å². The molecular weight excluding hydrogens is 386 g/mol. The third-order valence-corrected chi connectivity index (χ3v) is 5.20. The number of ether oxygens (including phenoxy) is 2. The molecular formula is C23H23NO4S. The van der Waals surface area contributed by atoms with Crippen LogP contribution >= 0.6 is 11.3 Å². The Labute approximate surface area is 174 Å². The van der Waals surface area contributed by atoms with Crippen molar-refractivity contribution in [2.75, 3.05) is 11.9 Å². The summed E-state index contributed by atoms with van der Waals surface area (Å²) < 4.78 is 10.8. The molecule has 0 aliphatic heterocycles. The molecule has 29 heavy (non-hydrogen) atoms. The lowest BCUT2D eigenvalue weighted by molar-refractivity contribution is -0.122. The maximum atomic E-state index is 12.6. The first kappa shape index (κ1) is 20.6. The molecule has 0 radical (unpaired) electrons. The van der Waals surface area contributed by atoms with Crippen LogP contribution in [-0.4, -0.2) is 24.6 Å². The Balaban J connectivity index is 1.65. The normalized spacial score (nSPS) is 11.6. The Morgan fingerprint density at radius 3 is 2.34 bits per heavy atom. The standard InChI is InChI=1S/C23H23NO4S/c1-4-27-23(26)20-14-15(2)29-22(20)24-21(25)16(3)28-19-12-10-18(11-13-19)17-8-6-5-7-9-17/h5-14,16H,4H2,1-3H3,(H,24,25)/t16-/m1/s1. The third kappa shape index (κ3) is 5.23. The number of thiophene rings is 1. The topological polar surface area (TPSA) is 64.6 Å². The minimum atomic E-state index is -0.727. The second kappa shape index (κ2) is 9.39. The van der Waals surface area contributed by atoms with Gasteiger partial charge in [0.2, 0.25) is 0 Å². The van der Waals surface area contributed by atoms with Crippen LogP contribution in [0.15, 0.2) is 60.7 Å². The molecule has 0 unspecified atom stereocenters. The van der Waals surface area contributed by atoms with Gasteiger partial charge in [0, 0.05) is 4.88 Å². The van der Waals surface area contributed by atoms with Crippen molar-refractivity contribution in [3.05, 3.63) is 71.1 Å². The highest BCUT2D eigenvalue weighted by Gasteiger charge is 2.21. The molecule has 3 aromatic rings. The van der Waals surface area contributed by atoms with E-state index in [4.69, 9.17) is 9.47 Å². The lowest BCUT2D eigenvalue weighted by Gasteiger charge is -2.15. The first-order valence-electron chi connectivity index (χ1n) is 9.38. The van der Waals surface area contributed by atoms with E-state index in [-0.39, 0.29) is 12.5 Å². The van der Waals surface area contributed by atoms with Gasteiger partial charge in [-0.05, 0) is 50.1 Å². The lowest BCUT2D eigenvalue weighted by atomic mass is 10.1. The highest BCUT2D eigenvalue weighted by molar-refractivity contribution is 7.16. The van der Waals surface area contributed by atoms with Crippen LogP contribution in [0.2, 0.25) is 0 Å². The Kier molecular flexibility index (Phi) is 6.67. The molecule has 1 amide bonds. The summed E-state index contributed by atoms with van der Waals surface area (Å²) in [5, 5.41) is 3.25. The van der Waals surface area contributed by atoms with Gasteiger partial charge in [0.05, 0.1) is 12.2 Å². The van der Waals surface area contributed by atoms with Gasteiger partial charge in [-0.15, -0.1) is 11.3 Å². The van der Waals surface area contributed by atoms with Crippen LogP contribution in [0.3, 0.4) is 0 Å². The SMILES string of the molecule is CCOC(=O)c1cc(C)sc1NC(=O)[C@@H](C)Oc1ccc(-c2ccccc2)cc1. The highest BCUT2D eigenvalue weighted by Crippen LogP contribution is 2.29. The largest absolute Gasteiger partial charge is 0.481 e. The van der Waals surface area contributed by atoms with E-state index < -0.39 is 12.1 Å². The molecule has 3 rings (SSSR count). The number of amides is 1. The zero-order valence-corrected chi connectivity index (χ0v) is 17.4. The van der Waals surface area contributed by atoms with Gasteiger partial charge < -0.3 is 14.8 Å². The molecule has 1 N–H and O–H groups in total. The van der Waals surface area contributed by atoms with E-state index in [1.54, 1.807) is 19.9 Å². The number of carbonyl (C=O) groups is 2. The number of anilines is 1. The van der Waals surface area contributed by atoms with Gasteiger partial charge in [-0.25, -0.2) is 4.79 Å². The summed E-state index contributed by atoms with van der Waals surface area (Å²) in [4.78, 5) is 25.5. The van der Waals surface area contributed by atoms with Gasteiger partial charge in [-0.2, -0.15) is 0 Å². The predicted octanol–water partition coefficient (Wildman–Crippen LogP) is 5.31. The minimum absolute atomic E-state index is 0.277. The summed E-state index contributed by atoms with van der Waals surface area (Å²) in [5.74, 6) is -0.179. The molecule has 0 aliphatic rings. The fourth-order valence-electron chi connectivity index (χ4n) is 2.80. The average molecular weight is 410 g/mol. The van der Waals surface area contributed by atoms with Crippen molar-refractivity contribution >= 4 is 28.2 Å². The Morgan fingerprint density at radius 1 is 1.03 bits per heavy atom. The number of carbonyl (C=O) groups excluding carboxylic acids is 2. The predicted molar refractivity (Wildman–Crippen MR) is 116 cm³/mol. The second-order valence-corrected chi connectivity index (χ2v) is 7.72. The van der Waals surface area contributed by atoms with Gasteiger partial charge >= 0.3 is 5.97 Å². The molecule has 0 fully saturated rings. The lowest BCUT2D eigenvalue weighted by Crippen LogP contribution is -2.30.